The Morgan fingerprint density at radius 3 is 2.33 bits per heavy atom. The van der Waals surface area contributed by atoms with E-state index in [9.17, 15) is 0 Å². The monoisotopic (exact) mass is 319 g/mol. The summed E-state index contributed by atoms with van der Waals surface area (Å²) >= 11 is 0. The molecule has 0 radical (unpaired) electrons. The molecule has 2 aliphatic rings. The maximum absolute atomic E-state index is 2.54. The molecule has 0 fully saturated rings. The third-order valence-corrected chi connectivity index (χ3v) is 6.75. The largest absolute Gasteiger partial charge is 0.368 e. The summed E-state index contributed by atoms with van der Waals surface area (Å²) in [5.74, 6) is 2.08. The minimum atomic E-state index is 0.599. The number of anilines is 1. The molecule has 24 heavy (non-hydrogen) atoms. The summed E-state index contributed by atoms with van der Waals surface area (Å²) in [5, 5.41) is 0. The van der Waals surface area contributed by atoms with E-state index in [4.69, 9.17) is 0 Å². The van der Waals surface area contributed by atoms with Gasteiger partial charge >= 0.3 is 0 Å². The second-order valence-electron chi connectivity index (χ2n) is 7.97. The Morgan fingerprint density at radius 2 is 1.58 bits per heavy atom. The number of fused-ring (bicyclic) bond motifs is 2. The molecule has 0 spiro atoms. The topological polar surface area (TPSA) is 3.24 Å². The fourth-order valence-corrected chi connectivity index (χ4v) is 4.80. The Hall–Kier alpha value is -1.76. The van der Waals surface area contributed by atoms with Crippen LogP contribution < -0.4 is 4.90 Å². The van der Waals surface area contributed by atoms with E-state index < -0.39 is 0 Å². The first-order valence-electron chi connectivity index (χ1n) is 9.55. The van der Waals surface area contributed by atoms with Gasteiger partial charge in [-0.15, -0.1) is 0 Å². The van der Waals surface area contributed by atoms with Gasteiger partial charge in [0.1, 0.15) is 0 Å². The molecule has 0 N–H and O–H groups in total. The molecule has 0 amide bonds. The zero-order valence-electron chi connectivity index (χ0n) is 15.6. The molecule has 0 saturated carbocycles. The van der Waals surface area contributed by atoms with E-state index in [-0.39, 0.29) is 0 Å². The Balaban J connectivity index is 1.74. The van der Waals surface area contributed by atoms with Crippen molar-refractivity contribution in [3.63, 3.8) is 0 Å². The lowest BCUT2D eigenvalue weighted by molar-refractivity contribution is 0.532. The molecular formula is C23H29N. The highest BCUT2D eigenvalue weighted by atomic mass is 15.2. The van der Waals surface area contributed by atoms with Crippen LogP contribution in [0.5, 0.6) is 0 Å². The van der Waals surface area contributed by atoms with Crippen molar-refractivity contribution in [1.29, 1.82) is 0 Å². The summed E-state index contributed by atoms with van der Waals surface area (Å²) in [7, 11) is 0. The van der Waals surface area contributed by atoms with E-state index in [1.165, 1.54) is 28.8 Å². The highest BCUT2D eigenvalue weighted by Gasteiger charge is 2.32. The van der Waals surface area contributed by atoms with Crippen LogP contribution in [0.3, 0.4) is 0 Å². The van der Waals surface area contributed by atoms with Crippen LogP contribution in [0, 0.1) is 5.92 Å². The molecule has 126 valence electrons. The molecule has 1 aliphatic heterocycles. The summed E-state index contributed by atoms with van der Waals surface area (Å²) < 4.78 is 0. The second kappa shape index (κ2) is 5.65. The number of benzene rings is 2. The Labute approximate surface area is 146 Å². The van der Waals surface area contributed by atoms with Crippen LogP contribution in [0.1, 0.15) is 63.1 Å². The van der Waals surface area contributed by atoms with Crippen molar-refractivity contribution >= 4 is 5.69 Å². The van der Waals surface area contributed by atoms with Gasteiger partial charge < -0.3 is 4.90 Å². The molecule has 1 aliphatic carbocycles. The van der Waals surface area contributed by atoms with Crippen LogP contribution >= 0.6 is 0 Å². The van der Waals surface area contributed by atoms with E-state index >= 15 is 0 Å². The highest BCUT2D eigenvalue weighted by Crippen LogP contribution is 2.43. The average molecular weight is 319 g/mol. The van der Waals surface area contributed by atoms with Gasteiger partial charge in [0.05, 0.1) is 0 Å². The molecule has 4 atom stereocenters. The number of hydrogen-bond donors (Lipinski definition) is 0. The predicted octanol–water partition coefficient (Wildman–Crippen LogP) is 5.98. The van der Waals surface area contributed by atoms with Crippen molar-refractivity contribution in [2.75, 3.05) is 11.4 Å². The average Bonchev–Trinajstić information content (AvgIpc) is 3.01. The fraction of sp³-hybridized carbons (Fsp3) is 0.478. The predicted molar refractivity (Wildman–Crippen MR) is 104 cm³/mol. The van der Waals surface area contributed by atoms with E-state index in [1.54, 1.807) is 11.1 Å². The fourth-order valence-electron chi connectivity index (χ4n) is 4.80. The Morgan fingerprint density at radius 1 is 0.875 bits per heavy atom. The molecule has 4 rings (SSSR count). The first-order chi connectivity index (χ1) is 11.5. The molecule has 1 heterocycles. The minimum Gasteiger partial charge on any atom is -0.368 e. The molecule has 1 nitrogen and oxygen atoms in total. The Kier molecular flexibility index (Phi) is 3.71. The van der Waals surface area contributed by atoms with Gasteiger partial charge in [-0.2, -0.15) is 0 Å². The van der Waals surface area contributed by atoms with Gasteiger partial charge in [0, 0.05) is 24.2 Å². The second-order valence-corrected chi connectivity index (χ2v) is 7.97. The van der Waals surface area contributed by atoms with Gasteiger partial charge in [-0.1, -0.05) is 45.0 Å². The summed E-state index contributed by atoms with van der Waals surface area (Å²) in [4.78, 5) is 2.54. The third-order valence-electron chi connectivity index (χ3n) is 6.75. The van der Waals surface area contributed by atoms with Gasteiger partial charge in [0.25, 0.3) is 0 Å². The molecular weight excluding hydrogens is 290 g/mol. The van der Waals surface area contributed by atoms with Crippen molar-refractivity contribution < 1.29 is 0 Å². The first-order valence-corrected chi connectivity index (χ1v) is 9.55. The Bertz CT molecular complexity index is 776. The highest BCUT2D eigenvalue weighted by molar-refractivity contribution is 5.73. The van der Waals surface area contributed by atoms with Gasteiger partial charge in [-0.3, -0.25) is 0 Å². The molecule has 0 bridgehead atoms. The normalized spacial score (nSPS) is 28.1. The SMILES string of the molecule is CCN1c2ccc(-c3ccc4c(c3)C[C@@H](C)[C@H]4C)cc2[C@H](C)[C@@H]1C. The molecule has 2 aromatic carbocycles. The van der Waals surface area contributed by atoms with E-state index in [2.05, 4.69) is 75.9 Å². The molecule has 0 aromatic heterocycles. The maximum atomic E-state index is 2.54. The lowest BCUT2D eigenvalue weighted by Crippen LogP contribution is -2.30. The van der Waals surface area contributed by atoms with E-state index in [0.29, 0.717) is 17.9 Å². The van der Waals surface area contributed by atoms with Crippen LogP contribution in [0.25, 0.3) is 11.1 Å². The van der Waals surface area contributed by atoms with E-state index in [1.807, 2.05) is 0 Å². The van der Waals surface area contributed by atoms with Crippen LogP contribution in [-0.2, 0) is 6.42 Å². The number of hydrogen-bond acceptors (Lipinski definition) is 1. The summed E-state index contributed by atoms with van der Waals surface area (Å²) in [6, 6.07) is 14.8. The zero-order chi connectivity index (χ0) is 17.0. The van der Waals surface area contributed by atoms with Crippen LogP contribution in [0.15, 0.2) is 36.4 Å². The standard InChI is InChI=1S/C23H29N/c1-6-24-17(5)16(4)22-13-19(8-10-23(22)24)18-7-9-21-15(3)14(2)11-20(21)12-18/h7-10,12-17H,6,11H2,1-5H3/t14-,15-,16-,17+/m1/s1. The molecule has 0 saturated heterocycles. The number of likely N-dealkylation sites (N-methyl/N-ethyl adjacent to an activating group) is 1. The summed E-state index contributed by atoms with van der Waals surface area (Å²) in [6.07, 6.45) is 1.23. The number of nitrogens with zero attached hydrogens (tertiary/aromatic N) is 1. The summed E-state index contributed by atoms with van der Waals surface area (Å²) in [5.41, 5.74) is 8.83. The van der Waals surface area contributed by atoms with Crippen molar-refractivity contribution in [1.82, 2.24) is 0 Å². The van der Waals surface area contributed by atoms with E-state index in [0.717, 1.165) is 12.5 Å². The summed E-state index contributed by atoms with van der Waals surface area (Å²) in [6.45, 7) is 12.8. The molecule has 1 heteroatoms. The van der Waals surface area contributed by atoms with Crippen molar-refractivity contribution in [3.8, 4) is 11.1 Å². The van der Waals surface area contributed by atoms with Crippen molar-refractivity contribution in [2.45, 2.75) is 58.9 Å². The quantitative estimate of drug-likeness (QED) is 0.658. The lowest BCUT2D eigenvalue weighted by atomic mass is 9.93. The van der Waals surface area contributed by atoms with Crippen LogP contribution in [-0.4, -0.2) is 12.6 Å². The van der Waals surface area contributed by atoms with Gasteiger partial charge in [-0.05, 0) is 72.1 Å². The van der Waals surface area contributed by atoms with Gasteiger partial charge in [0.2, 0.25) is 0 Å². The molecule has 0 unspecified atom stereocenters. The third kappa shape index (κ3) is 2.21. The van der Waals surface area contributed by atoms with Crippen LogP contribution in [0.2, 0.25) is 0 Å². The zero-order valence-corrected chi connectivity index (χ0v) is 15.6. The van der Waals surface area contributed by atoms with Crippen molar-refractivity contribution in [3.05, 3.63) is 53.1 Å². The number of rotatable bonds is 2. The minimum absolute atomic E-state index is 0.599. The molecule has 2 aromatic rings. The van der Waals surface area contributed by atoms with Crippen molar-refractivity contribution in [2.24, 2.45) is 5.92 Å². The van der Waals surface area contributed by atoms with Crippen LogP contribution in [0.4, 0.5) is 5.69 Å². The van der Waals surface area contributed by atoms with Gasteiger partial charge in [0.15, 0.2) is 0 Å². The van der Waals surface area contributed by atoms with Gasteiger partial charge in [-0.25, -0.2) is 0 Å². The first kappa shape index (κ1) is 15.7. The smallest absolute Gasteiger partial charge is 0.0405 e. The lowest BCUT2D eigenvalue weighted by Gasteiger charge is -2.24. The maximum Gasteiger partial charge on any atom is 0.0405 e.